The molecule has 2 atom stereocenters. The minimum atomic E-state index is -0.554. The minimum Gasteiger partial charge on any atom is -0.381 e. The van der Waals surface area contributed by atoms with Crippen molar-refractivity contribution in [3.63, 3.8) is 0 Å². The van der Waals surface area contributed by atoms with Gasteiger partial charge in [-0.15, -0.1) is 11.8 Å². The Bertz CT molecular complexity index is 719. The third-order valence-corrected chi connectivity index (χ3v) is 8.33. The first-order valence-electron chi connectivity index (χ1n) is 11.7. The van der Waals surface area contributed by atoms with E-state index < -0.39 is 4.75 Å². The Morgan fingerprint density at radius 3 is 2.81 bits per heavy atom. The van der Waals surface area contributed by atoms with Crippen molar-refractivity contribution in [1.82, 2.24) is 5.16 Å². The molecule has 0 spiro atoms. The number of aromatic nitrogens is 1. The largest absolute Gasteiger partial charge is 0.381 e. The lowest BCUT2D eigenvalue weighted by Crippen LogP contribution is -2.35. The van der Waals surface area contributed by atoms with Gasteiger partial charge in [-0.1, -0.05) is 18.0 Å². The van der Waals surface area contributed by atoms with Gasteiger partial charge in [0.05, 0.1) is 23.7 Å². The smallest absolute Gasteiger partial charge is 0.242 e. The van der Waals surface area contributed by atoms with Crippen LogP contribution in [0.5, 0.6) is 0 Å². The molecule has 1 saturated carbocycles. The third kappa shape index (κ3) is 5.83. The van der Waals surface area contributed by atoms with Crippen LogP contribution in [0.4, 0.5) is 5.88 Å². The Kier molecular flexibility index (Phi) is 7.62. The summed E-state index contributed by atoms with van der Waals surface area (Å²) >= 11 is 1.67. The van der Waals surface area contributed by atoms with Crippen LogP contribution >= 0.6 is 11.8 Å². The van der Waals surface area contributed by atoms with Crippen molar-refractivity contribution in [2.45, 2.75) is 81.7 Å². The number of amides is 1. The lowest BCUT2D eigenvalue weighted by Gasteiger charge is -2.30. The van der Waals surface area contributed by atoms with Crippen LogP contribution in [0.1, 0.15) is 70.9 Å². The van der Waals surface area contributed by atoms with Gasteiger partial charge in [-0.25, -0.2) is 0 Å². The first-order chi connectivity index (χ1) is 15.0. The zero-order chi connectivity index (χ0) is 21.7. The van der Waals surface area contributed by atoms with Crippen LogP contribution < -0.4 is 5.32 Å². The Balaban J connectivity index is 1.34. The number of anilines is 1. The molecule has 31 heavy (non-hydrogen) atoms. The third-order valence-electron chi connectivity index (χ3n) is 6.79. The highest BCUT2D eigenvalue weighted by atomic mass is 32.2. The van der Waals surface area contributed by atoms with Gasteiger partial charge in [0.25, 0.3) is 0 Å². The maximum absolute atomic E-state index is 12.9. The molecule has 3 fully saturated rings. The number of nitrogens with one attached hydrogen (secondary N) is 1. The van der Waals surface area contributed by atoms with Crippen molar-refractivity contribution in [2.24, 2.45) is 5.92 Å². The number of carbonyl (C=O) groups is 1. The van der Waals surface area contributed by atoms with Gasteiger partial charge in [-0.2, -0.15) is 0 Å². The van der Waals surface area contributed by atoms with E-state index in [1.54, 1.807) is 11.8 Å². The summed E-state index contributed by atoms with van der Waals surface area (Å²) in [6.07, 6.45) is 8.52. The molecular weight excluding hydrogens is 416 g/mol. The van der Waals surface area contributed by atoms with E-state index in [-0.39, 0.29) is 17.6 Å². The second-order valence-corrected chi connectivity index (χ2v) is 11.3. The van der Waals surface area contributed by atoms with Crippen LogP contribution in [0.25, 0.3) is 0 Å². The summed E-state index contributed by atoms with van der Waals surface area (Å²) < 4.78 is 22.3. The Labute approximate surface area is 189 Å². The molecule has 7 nitrogen and oxygen atoms in total. The minimum absolute atomic E-state index is 0.0635. The van der Waals surface area contributed by atoms with Gasteiger partial charge in [0, 0.05) is 24.7 Å². The molecule has 2 aliphatic heterocycles. The second kappa shape index (κ2) is 10.2. The quantitative estimate of drug-likeness (QED) is 0.590. The zero-order valence-electron chi connectivity index (χ0n) is 18.8. The summed E-state index contributed by atoms with van der Waals surface area (Å²) in [7, 11) is 0. The highest BCUT2D eigenvalue weighted by Gasteiger charge is 2.40. The SMILES string of the molecule is CC(C)(SC[C@H]1CCOC1)C(=O)Nc1cc(C2(COC3CCCCO3)CCCC2)no1. The van der Waals surface area contributed by atoms with Crippen molar-refractivity contribution in [3.8, 4) is 0 Å². The Morgan fingerprint density at radius 1 is 1.26 bits per heavy atom. The normalized spacial score (nSPS) is 26.3. The average molecular weight is 453 g/mol. The van der Waals surface area contributed by atoms with E-state index in [2.05, 4.69) is 10.5 Å². The molecule has 4 rings (SSSR count). The summed E-state index contributed by atoms with van der Waals surface area (Å²) in [5.74, 6) is 1.81. The summed E-state index contributed by atoms with van der Waals surface area (Å²) in [6.45, 7) is 6.90. The van der Waals surface area contributed by atoms with Crippen molar-refractivity contribution in [3.05, 3.63) is 11.8 Å². The standard InChI is InChI=1S/C23H36N2O5S/c1-22(2,31-15-17-8-12-27-14-17)21(26)24-19-13-18(25-30-19)23(9-4-5-10-23)16-29-20-7-3-6-11-28-20/h13,17,20H,3-12,14-16H2,1-2H3,(H,24,26)/t17-,20?/m0/s1. The first kappa shape index (κ1) is 23.1. The van der Waals surface area contributed by atoms with Gasteiger partial charge in [0.2, 0.25) is 11.8 Å². The van der Waals surface area contributed by atoms with E-state index in [1.165, 1.54) is 0 Å². The van der Waals surface area contributed by atoms with Crippen LogP contribution in [0.15, 0.2) is 10.6 Å². The fourth-order valence-electron chi connectivity index (χ4n) is 4.57. The summed E-state index contributed by atoms with van der Waals surface area (Å²) in [5.41, 5.74) is 0.727. The predicted octanol–water partition coefficient (Wildman–Crippen LogP) is 4.52. The molecule has 1 aromatic heterocycles. The summed E-state index contributed by atoms with van der Waals surface area (Å²) in [4.78, 5) is 12.9. The van der Waals surface area contributed by atoms with Crippen molar-refractivity contribution >= 4 is 23.6 Å². The highest BCUT2D eigenvalue weighted by Crippen LogP contribution is 2.42. The highest BCUT2D eigenvalue weighted by molar-refractivity contribution is 8.01. The van der Waals surface area contributed by atoms with Gasteiger partial charge in [-0.05, 0) is 64.0 Å². The molecule has 8 heteroatoms. The molecule has 0 aromatic carbocycles. The monoisotopic (exact) mass is 452 g/mol. The zero-order valence-corrected chi connectivity index (χ0v) is 19.6. The molecule has 2 saturated heterocycles. The maximum atomic E-state index is 12.9. The van der Waals surface area contributed by atoms with Gasteiger partial charge in [0.15, 0.2) is 6.29 Å². The number of rotatable bonds is 9. The van der Waals surface area contributed by atoms with Gasteiger partial charge >= 0.3 is 0 Å². The lowest BCUT2D eigenvalue weighted by atomic mass is 9.83. The fourth-order valence-corrected chi connectivity index (χ4v) is 5.67. The molecule has 0 radical (unpaired) electrons. The molecule has 1 aromatic rings. The van der Waals surface area contributed by atoms with E-state index >= 15 is 0 Å². The van der Waals surface area contributed by atoms with Crippen LogP contribution in [0, 0.1) is 5.92 Å². The van der Waals surface area contributed by atoms with Gasteiger partial charge in [-0.3, -0.25) is 10.1 Å². The number of hydrogen-bond donors (Lipinski definition) is 1. The molecule has 1 unspecified atom stereocenters. The molecule has 0 bridgehead atoms. The fraction of sp³-hybridized carbons (Fsp3) is 0.826. The first-order valence-corrected chi connectivity index (χ1v) is 12.7. The van der Waals surface area contributed by atoms with E-state index in [1.807, 2.05) is 19.9 Å². The maximum Gasteiger partial charge on any atom is 0.242 e. The lowest BCUT2D eigenvalue weighted by molar-refractivity contribution is -0.172. The number of hydrogen-bond acceptors (Lipinski definition) is 7. The topological polar surface area (TPSA) is 82.8 Å². The summed E-state index contributed by atoms with van der Waals surface area (Å²) in [5, 5.41) is 7.28. The van der Waals surface area contributed by atoms with Gasteiger partial charge in [0.1, 0.15) is 0 Å². The van der Waals surface area contributed by atoms with Gasteiger partial charge < -0.3 is 18.7 Å². The number of nitrogens with zero attached hydrogens (tertiary/aromatic N) is 1. The predicted molar refractivity (Wildman–Crippen MR) is 120 cm³/mol. The summed E-state index contributed by atoms with van der Waals surface area (Å²) in [6, 6.07) is 1.89. The van der Waals surface area contributed by atoms with E-state index in [0.717, 1.165) is 82.6 Å². The van der Waals surface area contributed by atoms with E-state index in [0.29, 0.717) is 18.4 Å². The van der Waals surface area contributed by atoms with Crippen molar-refractivity contribution in [2.75, 3.05) is 37.5 Å². The van der Waals surface area contributed by atoms with Crippen molar-refractivity contribution < 1.29 is 23.5 Å². The van der Waals surface area contributed by atoms with Crippen LogP contribution in [0.3, 0.4) is 0 Å². The van der Waals surface area contributed by atoms with E-state index in [4.69, 9.17) is 18.7 Å². The number of thioether (sulfide) groups is 1. The number of carbonyl (C=O) groups excluding carboxylic acids is 1. The Morgan fingerprint density at radius 2 is 2.10 bits per heavy atom. The Hall–Kier alpha value is -1.09. The molecule has 1 amide bonds. The molecule has 3 heterocycles. The molecule has 1 N–H and O–H groups in total. The number of ether oxygens (including phenoxy) is 3. The molecule has 174 valence electrons. The molecular formula is C23H36N2O5S. The second-order valence-electron chi connectivity index (χ2n) is 9.68. The van der Waals surface area contributed by atoms with E-state index in [9.17, 15) is 4.79 Å². The molecule has 1 aliphatic carbocycles. The van der Waals surface area contributed by atoms with Crippen LogP contribution in [0.2, 0.25) is 0 Å². The van der Waals surface area contributed by atoms with Crippen LogP contribution in [-0.4, -0.2) is 54.3 Å². The average Bonchev–Trinajstić information content (AvgIpc) is 3.54. The van der Waals surface area contributed by atoms with Crippen molar-refractivity contribution in [1.29, 1.82) is 0 Å². The van der Waals surface area contributed by atoms with Crippen LogP contribution in [-0.2, 0) is 24.4 Å². The molecule has 3 aliphatic rings.